The van der Waals surface area contributed by atoms with Crippen LogP contribution < -0.4 is 5.56 Å². The first-order chi connectivity index (χ1) is 8.00. The van der Waals surface area contributed by atoms with Crippen LogP contribution in [0.1, 0.15) is 28.4 Å². The minimum absolute atomic E-state index is 0.0607. The van der Waals surface area contributed by atoms with Crippen LogP contribution in [0, 0.1) is 0 Å². The molecule has 1 amide bonds. The van der Waals surface area contributed by atoms with E-state index < -0.39 is 5.97 Å². The number of hydrogen-bond acceptors (Lipinski definition) is 3. The van der Waals surface area contributed by atoms with Gasteiger partial charge in [-0.1, -0.05) is 0 Å². The van der Waals surface area contributed by atoms with E-state index in [0.717, 1.165) is 0 Å². The van der Waals surface area contributed by atoms with E-state index in [-0.39, 0.29) is 23.6 Å². The molecule has 0 aromatic carbocycles. The molecule has 1 aliphatic rings. The Labute approximate surface area is 96.9 Å². The predicted molar refractivity (Wildman–Crippen MR) is 58.8 cm³/mol. The Morgan fingerprint density at radius 3 is 2.71 bits per heavy atom. The van der Waals surface area contributed by atoms with E-state index in [9.17, 15) is 14.4 Å². The minimum atomic E-state index is -1.09. The third-order valence-corrected chi connectivity index (χ3v) is 2.97. The summed E-state index contributed by atoms with van der Waals surface area (Å²) in [6.45, 7) is 2.07. The highest BCUT2D eigenvalue weighted by molar-refractivity contribution is 5.89. The van der Waals surface area contributed by atoms with Crippen LogP contribution in [0.2, 0.25) is 0 Å². The number of aromatic carboxylic acids is 1. The van der Waals surface area contributed by atoms with E-state index in [1.807, 2.05) is 0 Å². The summed E-state index contributed by atoms with van der Waals surface area (Å²) < 4.78 is 0. The van der Waals surface area contributed by atoms with Crippen molar-refractivity contribution < 1.29 is 14.7 Å². The Morgan fingerprint density at radius 1 is 1.41 bits per heavy atom. The molecule has 6 heteroatoms. The van der Waals surface area contributed by atoms with Crippen LogP contribution in [-0.4, -0.2) is 33.4 Å². The number of aromatic nitrogens is 1. The van der Waals surface area contributed by atoms with Gasteiger partial charge in [0.15, 0.2) is 0 Å². The number of pyridine rings is 1. The molecule has 0 unspecified atom stereocenters. The van der Waals surface area contributed by atoms with Crippen molar-refractivity contribution in [3.05, 3.63) is 33.2 Å². The molecule has 1 aromatic heterocycles. The maximum Gasteiger partial charge on any atom is 0.337 e. The van der Waals surface area contributed by atoms with Gasteiger partial charge in [-0.3, -0.25) is 9.59 Å². The summed E-state index contributed by atoms with van der Waals surface area (Å²) in [7, 11) is 0. The van der Waals surface area contributed by atoms with Crippen LogP contribution in [0.3, 0.4) is 0 Å². The van der Waals surface area contributed by atoms with Crippen molar-refractivity contribution in [3.8, 4) is 0 Å². The lowest BCUT2D eigenvalue weighted by atomic mass is 9.97. The summed E-state index contributed by atoms with van der Waals surface area (Å²) >= 11 is 0. The van der Waals surface area contributed by atoms with Crippen LogP contribution in [0.4, 0.5) is 0 Å². The number of nitrogens with one attached hydrogen (secondary N) is 1. The van der Waals surface area contributed by atoms with E-state index in [1.165, 1.54) is 18.0 Å². The van der Waals surface area contributed by atoms with Crippen LogP contribution in [0.5, 0.6) is 0 Å². The van der Waals surface area contributed by atoms with Crippen LogP contribution in [-0.2, 0) is 17.8 Å². The van der Waals surface area contributed by atoms with Gasteiger partial charge in [-0.15, -0.1) is 0 Å². The lowest BCUT2D eigenvalue weighted by Gasteiger charge is -2.28. The van der Waals surface area contributed by atoms with Gasteiger partial charge in [0.2, 0.25) is 5.91 Å². The fourth-order valence-electron chi connectivity index (χ4n) is 2.03. The molecular formula is C11H12N2O4. The molecule has 0 aliphatic carbocycles. The molecular weight excluding hydrogens is 224 g/mol. The highest BCUT2D eigenvalue weighted by atomic mass is 16.4. The lowest BCUT2D eigenvalue weighted by Crippen LogP contribution is -2.38. The van der Waals surface area contributed by atoms with Crippen LogP contribution in [0.25, 0.3) is 0 Å². The first-order valence-corrected chi connectivity index (χ1v) is 5.23. The largest absolute Gasteiger partial charge is 0.478 e. The summed E-state index contributed by atoms with van der Waals surface area (Å²) in [6.07, 6.45) is 1.58. The zero-order valence-corrected chi connectivity index (χ0v) is 9.32. The Morgan fingerprint density at radius 2 is 2.12 bits per heavy atom. The minimum Gasteiger partial charge on any atom is -0.478 e. The van der Waals surface area contributed by atoms with Gasteiger partial charge in [0.1, 0.15) is 0 Å². The molecule has 2 heterocycles. The number of H-pyrrole nitrogens is 1. The van der Waals surface area contributed by atoms with Gasteiger partial charge in [0.25, 0.3) is 5.56 Å². The molecule has 90 valence electrons. The number of carbonyl (C=O) groups is 2. The van der Waals surface area contributed by atoms with Gasteiger partial charge < -0.3 is 15.0 Å². The average Bonchev–Trinajstić information content (AvgIpc) is 2.28. The Hall–Kier alpha value is -2.11. The van der Waals surface area contributed by atoms with Gasteiger partial charge in [0.05, 0.1) is 5.56 Å². The van der Waals surface area contributed by atoms with Crippen molar-refractivity contribution in [3.63, 3.8) is 0 Å². The molecule has 2 N–H and O–H groups in total. The van der Waals surface area contributed by atoms with E-state index in [1.54, 1.807) is 0 Å². The first kappa shape index (κ1) is 11.4. The molecule has 6 nitrogen and oxygen atoms in total. The van der Waals surface area contributed by atoms with Crippen molar-refractivity contribution in [2.75, 3.05) is 6.54 Å². The highest BCUT2D eigenvalue weighted by Crippen LogP contribution is 2.19. The summed E-state index contributed by atoms with van der Waals surface area (Å²) in [5.41, 5.74) is 0.712. The Bertz CT molecular complexity index is 547. The number of fused-ring (bicyclic) bond motifs is 1. The molecule has 0 saturated carbocycles. The monoisotopic (exact) mass is 236 g/mol. The maximum atomic E-state index is 11.6. The zero-order valence-electron chi connectivity index (χ0n) is 9.32. The lowest BCUT2D eigenvalue weighted by molar-refractivity contribution is -0.129. The molecule has 0 radical (unpaired) electrons. The number of carbonyl (C=O) groups excluding carboxylic acids is 1. The molecule has 0 atom stereocenters. The van der Waals surface area contributed by atoms with Crippen molar-refractivity contribution in [1.29, 1.82) is 0 Å². The van der Waals surface area contributed by atoms with E-state index >= 15 is 0 Å². The molecule has 1 aliphatic heterocycles. The van der Waals surface area contributed by atoms with Crippen LogP contribution >= 0.6 is 0 Å². The highest BCUT2D eigenvalue weighted by Gasteiger charge is 2.25. The van der Waals surface area contributed by atoms with Crippen molar-refractivity contribution >= 4 is 11.9 Å². The van der Waals surface area contributed by atoms with Gasteiger partial charge in [-0.2, -0.15) is 0 Å². The summed E-state index contributed by atoms with van der Waals surface area (Å²) in [5, 5.41) is 9.03. The number of amides is 1. The van der Waals surface area contributed by atoms with Crippen molar-refractivity contribution in [2.45, 2.75) is 19.9 Å². The van der Waals surface area contributed by atoms with Gasteiger partial charge in [-0.25, -0.2) is 4.79 Å². The number of carboxylic acids is 1. The predicted octanol–water partition coefficient (Wildman–Crippen LogP) is -0.0223. The fraction of sp³-hybridized carbons (Fsp3) is 0.364. The van der Waals surface area contributed by atoms with Gasteiger partial charge in [-0.05, 0) is 12.0 Å². The first-order valence-electron chi connectivity index (χ1n) is 5.23. The smallest absolute Gasteiger partial charge is 0.337 e. The molecule has 0 spiro atoms. The average molecular weight is 236 g/mol. The number of nitrogens with zero attached hydrogens (tertiary/aromatic N) is 1. The number of carboxylic acid groups (broad SMARTS) is 1. The second kappa shape index (κ2) is 4.04. The Kier molecular flexibility index (Phi) is 2.71. The molecule has 1 aromatic rings. The number of hydrogen-bond donors (Lipinski definition) is 2. The standard InChI is InChI=1S/C11H12N2O4/c1-6(14)13-3-2-7-9(5-13)8(11(16)17)4-12-10(7)15/h4H,2-3,5H2,1H3,(H,12,15)(H,16,17). The van der Waals surface area contributed by atoms with Crippen molar-refractivity contribution in [1.82, 2.24) is 9.88 Å². The third kappa shape index (κ3) is 1.93. The third-order valence-electron chi connectivity index (χ3n) is 2.97. The van der Waals surface area contributed by atoms with E-state index in [0.29, 0.717) is 24.1 Å². The van der Waals surface area contributed by atoms with E-state index in [2.05, 4.69) is 4.98 Å². The number of aromatic amines is 1. The summed E-state index contributed by atoms with van der Waals surface area (Å²) in [6, 6.07) is 0. The fourth-order valence-corrected chi connectivity index (χ4v) is 2.03. The second-order valence-corrected chi connectivity index (χ2v) is 3.98. The Balaban J connectivity index is 2.53. The molecule has 0 saturated heterocycles. The van der Waals surface area contributed by atoms with E-state index in [4.69, 9.17) is 5.11 Å². The number of rotatable bonds is 1. The van der Waals surface area contributed by atoms with Crippen molar-refractivity contribution in [2.24, 2.45) is 0 Å². The van der Waals surface area contributed by atoms with Gasteiger partial charge in [0, 0.05) is 31.8 Å². The van der Waals surface area contributed by atoms with Crippen LogP contribution in [0.15, 0.2) is 11.0 Å². The topological polar surface area (TPSA) is 90.5 Å². The summed E-state index contributed by atoms with van der Waals surface area (Å²) in [4.78, 5) is 37.8. The molecule has 0 bridgehead atoms. The molecule has 17 heavy (non-hydrogen) atoms. The SMILES string of the molecule is CC(=O)N1CCc2c(c(C(=O)O)c[nH]c2=O)C1. The zero-order chi connectivity index (χ0) is 12.6. The summed E-state index contributed by atoms with van der Waals surface area (Å²) in [5.74, 6) is -1.21. The van der Waals surface area contributed by atoms with Gasteiger partial charge >= 0.3 is 5.97 Å². The molecule has 0 fully saturated rings. The maximum absolute atomic E-state index is 11.6. The quantitative estimate of drug-likeness (QED) is 0.716. The normalized spacial score (nSPS) is 14.3. The molecule has 2 rings (SSSR count). The second-order valence-electron chi connectivity index (χ2n) is 3.98.